The van der Waals surface area contributed by atoms with Gasteiger partial charge < -0.3 is 19.5 Å². The second kappa shape index (κ2) is 10.3. The van der Waals surface area contributed by atoms with Gasteiger partial charge in [0.05, 0.1) is 6.26 Å². The molecule has 0 aliphatic carbocycles. The number of nitrogens with one attached hydrogen (secondary N) is 3. The van der Waals surface area contributed by atoms with E-state index < -0.39 is 5.91 Å². The average molecular weight is 458 g/mol. The Morgan fingerprint density at radius 2 is 1.55 bits per heavy atom. The van der Waals surface area contributed by atoms with Gasteiger partial charge in [-0.25, -0.2) is 0 Å². The summed E-state index contributed by atoms with van der Waals surface area (Å²) >= 11 is 5.19. The van der Waals surface area contributed by atoms with Gasteiger partial charge in [-0.3, -0.25) is 14.9 Å². The number of carbonyl (C=O) groups excluding carboxylic acids is 2. The first-order valence-electron chi connectivity index (χ1n) is 9.97. The fourth-order valence-corrected chi connectivity index (χ4v) is 3.13. The molecule has 0 aliphatic rings. The average Bonchev–Trinajstić information content (AvgIpc) is 3.52. The third-order valence-electron chi connectivity index (χ3n) is 4.47. The minimum absolute atomic E-state index is 0.140. The zero-order chi connectivity index (χ0) is 23.0. The van der Waals surface area contributed by atoms with Crippen molar-refractivity contribution in [3.63, 3.8) is 0 Å². The van der Waals surface area contributed by atoms with E-state index in [1.807, 2.05) is 36.4 Å². The molecule has 4 aromatic rings. The standard InChI is InChI=1S/C25H19N3O4S/c29-23(15-13-20-12-14-21(32-20)17-5-2-1-3-6-17)28-25(33)27-19-10-8-18(9-11-19)26-24(30)22-7-4-16-31-22/h1-16H,(H,26,30)(H2,27,28,29,33)/b15-13+. The van der Waals surface area contributed by atoms with Crippen LogP contribution < -0.4 is 16.0 Å². The lowest BCUT2D eigenvalue weighted by atomic mass is 10.2. The van der Waals surface area contributed by atoms with Crippen molar-refractivity contribution in [2.75, 3.05) is 10.6 Å². The highest BCUT2D eigenvalue weighted by molar-refractivity contribution is 7.80. The highest BCUT2D eigenvalue weighted by Crippen LogP contribution is 2.22. The topological polar surface area (TPSA) is 96.5 Å². The predicted molar refractivity (Wildman–Crippen MR) is 131 cm³/mol. The van der Waals surface area contributed by atoms with E-state index in [1.54, 1.807) is 48.5 Å². The minimum Gasteiger partial charge on any atom is -0.459 e. The summed E-state index contributed by atoms with van der Waals surface area (Å²) in [5.41, 5.74) is 2.20. The molecule has 2 amide bonds. The van der Waals surface area contributed by atoms with E-state index >= 15 is 0 Å². The van der Waals surface area contributed by atoms with Crippen LogP contribution >= 0.6 is 12.2 Å². The van der Waals surface area contributed by atoms with Gasteiger partial charge in [-0.1, -0.05) is 30.3 Å². The molecule has 3 N–H and O–H groups in total. The first-order chi connectivity index (χ1) is 16.1. The molecule has 0 fully saturated rings. The van der Waals surface area contributed by atoms with Crippen molar-refractivity contribution in [1.82, 2.24) is 5.32 Å². The quantitative estimate of drug-likeness (QED) is 0.268. The van der Waals surface area contributed by atoms with E-state index in [1.165, 1.54) is 12.3 Å². The molecule has 7 nitrogen and oxygen atoms in total. The van der Waals surface area contributed by atoms with E-state index in [-0.39, 0.29) is 16.8 Å². The van der Waals surface area contributed by atoms with Crippen LogP contribution in [0.5, 0.6) is 0 Å². The van der Waals surface area contributed by atoms with Crippen molar-refractivity contribution in [3.05, 3.63) is 103 Å². The molecule has 0 bridgehead atoms. The van der Waals surface area contributed by atoms with Crippen LogP contribution in [0.2, 0.25) is 0 Å². The van der Waals surface area contributed by atoms with Crippen LogP contribution in [-0.2, 0) is 4.79 Å². The number of rotatable bonds is 6. The first-order valence-corrected chi connectivity index (χ1v) is 10.4. The third kappa shape index (κ3) is 6.05. The highest BCUT2D eigenvalue weighted by Gasteiger charge is 2.09. The van der Waals surface area contributed by atoms with Crippen molar-refractivity contribution in [2.45, 2.75) is 0 Å². The third-order valence-corrected chi connectivity index (χ3v) is 4.67. The van der Waals surface area contributed by atoms with Gasteiger partial charge in [-0.05, 0) is 66.8 Å². The Hall–Kier alpha value is -4.43. The minimum atomic E-state index is -0.396. The Kier molecular flexibility index (Phi) is 6.77. The van der Waals surface area contributed by atoms with Crippen molar-refractivity contribution in [1.29, 1.82) is 0 Å². The normalized spacial score (nSPS) is 10.7. The first kappa shape index (κ1) is 21.8. The summed E-state index contributed by atoms with van der Waals surface area (Å²) in [6.45, 7) is 0. The number of hydrogen-bond donors (Lipinski definition) is 3. The Bertz CT molecular complexity index is 1280. The molecule has 2 heterocycles. The molecule has 0 saturated heterocycles. The number of benzene rings is 2. The molecule has 33 heavy (non-hydrogen) atoms. The Morgan fingerprint density at radius 3 is 2.24 bits per heavy atom. The summed E-state index contributed by atoms with van der Waals surface area (Å²) in [6, 6.07) is 23.4. The van der Waals surface area contributed by atoms with Crippen LogP contribution in [-0.4, -0.2) is 16.9 Å². The molecule has 164 valence electrons. The maximum Gasteiger partial charge on any atom is 0.291 e. The lowest BCUT2D eigenvalue weighted by Crippen LogP contribution is -2.32. The van der Waals surface area contributed by atoms with Crippen molar-refractivity contribution in [3.8, 4) is 11.3 Å². The van der Waals surface area contributed by atoms with Crippen molar-refractivity contribution in [2.24, 2.45) is 0 Å². The molecule has 4 rings (SSSR count). The predicted octanol–water partition coefficient (Wildman–Crippen LogP) is 5.32. The molecule has 0 unspecified atom stereocenters. The molecule has 8 heteroatoms. The van der Waals surface area contributed by atoms with Gasteiger partial charge in [0.15, 0.2) is 10.9 Å². The van der Waals surface area contributed by atoms with Crippen LogP contribution in [0.1, 0.15) is 16.3 Å². The number of carbonyl (C=O) groups is 2. The molecule has 0 aliphatic heterocycles. The summed E-state index contributed by atoms with van der Waals surface area (Å²) < 4.78 is 10.8. The maximum absolute atomic E-state index is 12.2. The monoisotopic (exact) mass is 457 g/mol. The van der Waals surface area contributed by atoms with Gasteiger partial charge in [0, 0.05) is 23.0 Å². The van der Waals surface area contributed by atoms with Crippen LogP contribution in [0.25, 0.3) is 17.4 Å². The van der Waals surface area contributed by atoms with Crippen LogP contribution in [0, 0.1) is 0 Å². The van der Waals surface area contributed by atoms with Crippen molar-refractivity contribution < 1.29 is 18.4 Å². The SMILES string of the molecule is O=C(/C=C/c1ccc(-c2ccccc2)o1)NC(=S)Nc1ccc(NC(=O)c2ccco2)cc1. The van der Waals surface area contributed by atoms with Crippen molar-refractivity contribution >= 4 is 46.6 Å². The number of anilines is 2. The summed E-state index contributed by atoms with van der Waals surface area (Å²) in [6.07, 6.45) is 4.35. The zero-order valence-electron chi connectivity index (χ0n) is 17.3. The smallest absolute Gasteiger partial charge is 0.291 e. The lowest BCUT2D eigenvalue weighted by Gasteiger charge is -2.09. The van der Waals surface area contributed by atoms with Crippen LogP contribution in [0.3, 0.4) is 0 Å². The second-order valence-corrected chi connectivity index (χ2v) is 7.26. The zero-order valence-corrected chi connectivity index (χ0v) is 18.1. The van der Waals surface area contributed by atoms with E-state index in [9.17, 15) is 9.59 Å². The Balaban J connectivity index is 1.26. The fourth-order valence-electron chi connectivity index (χ4n) is 2.91. The van der Waals surface area contributed by atoms with Gasteiger partial charge in [0.2, 0.25) is 5.91 Å². The Morgan fingerprint density at radius 1 is 0.818 bits per heavy atom. The van der Waals surface area contributed by atoms with E-state index in [2.05, 4.69) is 16.0 Å². The molecular formula is C25H19N3O4S. The van der Waals surface area contributed by atoms with E-state index in [4.69, 9.17) is 21.1 Å². The Labute approximate surface area is 195 Å². The molecule has 0 saturated carbocycles. The summed E-state index contributed by atoms with van der Waals surface area (Å²) in [5, 5.41) is 8.35. The molecule has 2 aromatic carbocycles. The summed E-state index contributed by atoms with van der Waals surface area (Å²) in [5.74, 6) is 0.752. The van der Waals surface area contributed by atoms with Gasteiger partial charge in [0.1, 0.15) is 11.5 Å². The van der Waals surface area contributed by atoms with E-state index in [0.29, 0.717) is 17.1 Å². The number of amides is 2. The number of thiocarbonyl (C=S) groups is 1. The number of hydrogen-bond acceptors (Lipinski definition) is 5. The molecular weight excluding hydrogens is 438 g/mol. The number of furan rings is 2. The highest BCUT2D eigenvalue weighted by atomic mass is 32.1. The van der Waals surface area contributed by atoms with Gasteiger partial charge in [0.25, 0.3) is 5.91 Å². The fraction of sp³-hybridized carbons (Fsp3) is 0. The summed E-state index contributed by atoms with van der Waals surface area (Å²) in [7, 11) is 0. The van der Waals surface area contributed by atoms with Gasteiger partial charge >= 0.3 is 0 Å². The largest absolute Gasteiger partial charge is 0.459 e. The van der Waals surface area contributed by atoms with E-state index in [0.717, 1.165) is 11.3 Å². The molecule has 0 spiro atoms. The van der Waals surface area contributed by atoms with Gasteiger partial charge in [-0.2, -0.15) is 0 Å². The van der Waals surface area contributed by atoms with Gasteiger partial charge in [-0.15, -0.1) is 0 Å². The van der Waals surface area contributed by atoms with Crippen LogP contribution in [0.4, 0.5) is 11.4 Å². The summed E-state index contributed by atoms with van der Waals surface area (Å²) in [4.78, 5) is 24.2. The molecule has 2 aromatic heterocycles. The molecule has 0 atom stereocenters. The second-order valence-electron chi connectivity index (χ2n) is 6.85. The van der Waals surface area contributed by atoms with Crippen LogP contribution in [0.15, 0.2) is 100 Å². The maximum atomic E-state index is 12.2. The lowest BCUT2D eigenvalue weighted by molar-refractivity contribution is -0.115. The molecule has 0 radical (unpaired) electrons.